The van der Waals surface area contributed by atoms with E-state index in [1.54, 1.807) is 13.3 Å². The van der Waals surface area contributed by atoms with E-state index in [1.807, 2.05) is 36.1 Å². The molecule has 0 spiro atoms. The van der Waals surface area contributed by atoms with E-state index in [-0.39, 0.29) is 5.91 Å². The fourth-order valence-electron chi connectivity index (χ4n) is 5.24. The number of likely N-dealkylation sites (tertiary alicyclic amines) is 1. The Hall–Kier alpha value is -2.92. The Morgan fingerprint density at radius 2 is 1.90 bits per heavy atom. The molecule has 4 heterocycles. The summed E-state index contributed by atoms with van der Waals surface area (Å²) >= 11 is 6.59. The molecule has 10 nitrogen and oxygen atoms in total. The van der Waals surface area contributed by atoms with Crippen molar-refractivity contribution in [2.24, 2.45) is 0 Å². The highest BCUT2D eigenvalue weighted by molar-refractivity contribution is 6.34. The predicted octanol–water partition coefficient (Wildman–Crippen LogP) is 3.49. The van der Waals surface area contributed by atoms with Crippen LogP contribution in [0.3, 0.4) is 0 Å². The van der Waals surface area contributed by atoms with Crippen LogP contribution in [-0.4, -0.2) is 109 Å². The lowest BCUT2D eigenvalue weighted by Crippen LogP contribution is -2.51. The fraction of sp³-hybridized carbons (Fsp3) is 0.536. The van der Waals surface area contributed by atoms with E-state index >= 15 is 0 Å². The van der Waals surface area contributed by atoms with E-state index in [0.29, 0.717) is 49.6 Å². The molecule has 1 amide bonds. The number of halogens is 1. The number of piperidine rings is 1. The van der Waals surface area contributed by atoms with E-state index < -0.39 is 0 Å². The summed E-state index contributed by atoms with van der Waals surface area (Å²) in [4.78, 5) is 31.8. The van der Waals surface area contributed by atoms with Gasteiger partial charge in [0, 0.05) is 70.3 Å². The second-order valence-electron chi connectivity index (χ2n) is 10.1. The van der Waals surface area contributed by atoms with Crippen LogP contribution in [0.2, 0.25) is 5.02 Å². The maximum atomic E-state index is 12.6. The lowest BCUT2D eigenvalue weighted by atomic mass is 10.0. The standard InChI is InChI=1S/C28H38ClN7O3/c1-3-39-17-15-35-12-13-36(19-24(35)37)22-6-4-20(5-7-22)27-32-26-25(23(29)18-30-28(26)33-27)31-21-8-10-34(11-9-21)14-16-38-2/h4-7,18,21H,3,8-17,19H2,1-2H3,(H2,30,31,32,33). The third-order valence-corrected chi connectivity index (χ3v) is 7.84. The fourth-order valence-corrected chi connectivity index (χ4v) is 5.44. The monoisotopic (exact) mass is 555 g/mol. The van der Waals surface area contributed by atoms with Gasteiger partial charge in [-0.3, -0.25) is 4.79 Å². The Bertz CT molecular complexity index is 1240. The van der Waals surface area contributed by atoms with Crippen LogP contribution in [0, 0.1) is 0 Å². The molecular weight excluding hydrogens is 518 g/mol. The number of piperazine rings is 1. The topological polar surface area (TPSA) is 98.8 Å². The van der Waals surface area contributed by atoms with Crippen LogP contribution in [0.4, 0.5) is 11.4 Å². The van der Waals surface area contributed by atoms with Crippen LogP contribution >= 0.6 is 11.6 Å². The molecule has 0 atom stereocenters. The van der Waals surface area contributed by atoms with E-state index in [1.165, 1.54) is 0 Å². The van der Waals surface area contributed by atoms with Gasteiger partial charge in [-0.15, -0.1) is 0 Å². The minimum Gasteiger partial charge on any atom is -0.383 e. The number of carbonyl (C=O) groups is 1. The molecule has 1 aromatic carbocycles. The Morgan fingerprint density at radius 1 is 1.10 bits per heavy atom. The molecule has 2 aromatic heterocycles. The zero-order valence-electron chi connectivity index (χ0n) is 22.8. The van der Waals surface area contributed by atoms with Crippen LogP contribution < -0.4 is 10.2 Å². The first-order valence-corrected chi connectivity index (χ1v) is 14.2. The highest BCUT2D eigenvalue weighted by Gasteiger charge is 2.24. The molecule has 0 radical (unpaired) electrons. The first-order chi connectivity index (χ1) is 19.1. The van der Waals surface area contributed by atoms with Crippen LogP contribution in [0.1, 0.15) is 19.8 Å². The summed E-state index contributed by atoms with van der Waals surface area (Å²) in [6.07, 6.45) is 3.74. The van der Waals surface area contributed by atoms with Crippen molar-refractivity contribution in [1.82, 2.24) is 24.8 Å². The number of imidazole rings is 1. The molecule has 39 heavy (non-hydrogen) atoms. The van der Waals surface area contributed by atoms with Gasteiger partial charge in [0.2, 0.25) is 5.91 Å². The Kier molecular flexibility index (Phi) is 9.18. The van der Waals surface area contributed by atoms with Crippen molar-refractivity contribution >= 4 is 40.0 Å². The summed E-state index contributed by atoms with van der Waals surface area (Å²) in [5.41, 5.74) is 4.25. The number of pyridine rings is 1. The normalized spacial score (nSPS) is 17.4. The Labute approximate surface area is 234 Å². The van der Waals surface area contributed by atoms with Crippen LogP contribution in [-0.2, 0) is 14.3 Å². The molecule has 0 aliphatic carbocycles. The summed E-state index contributed by atoms with van der Waals surface area (Å²) in [6, 6.07) is 8.48. The van der Waals surface area contributed by atoms with Crippen LogP contribution in [0.15, 0.2) is 30.5 Å². The number of carbonyl (C=O) groups excluding carboxylic acids is 1. The first kappa shape index (κ1) is 27.6. The molecule has 2 aliphatic heterocycles. The number of nitrogens with zero attached hydrogens (tertiary/aromatic N) is 5. The number of fused-ring (bicyclic) bond motifs is 1. The average molecular weight is 556 g/mol. The minimum absolute atomic E-state index is 0.131. The lowest BCUT2D eigenvalue weighted by molar-refractivity contribution is -0.131. The number of ether oxygens (including phenoxy) is 2. The second kappa shape index (κ2) is 13.0. The van der Waals surface area contributed by atoms with Crippen molar-refractivity contribution in [1.29, 1.82) is 0 Å². The van der Waals surface area contributed by atoms with Crippen molar-refractivity contribution in [2.75, 3.05) is 83.0 Å². The van der Waals surface area contributed by atoms with Gasteiger partial charge < -0.3 is 34.5 Å². The van der Waals surface area contributed by atoms with Gasteiger partial charge in [0.1, 0.15) is 11.3 Å². The first-order valence-electron chi connectivity index (χ1n) is 13.8. The third-order valence-electron chi connectivity index (χ3n) is 7.55. The van der Waals surface area contributed by atoms with Gasteiger partial charge in [-0.05, 0) is 44.0 Å². The Balaban J connectivity index is 1.24. The number of rotatable bonds is 11. The summed E-state index contributed by atoms with van der Waals surface area (Å²) in [5.74, 6) is 0.867. The largest absolute Gasteiger partial charge is 0.383 e. The van der Waals surface area contributed by atoms with Crippen molar-refractivity contribution in [3.8, 4) is 11.4 Å². The van der Waals surface area contributed by atoms with Crippen LogP contribution in [0.5, 0.6) is 0 Å². The molecule has 0 bridgehead atoms. The molecule has 2 N–H and O–H groups in total. The zero-order valence-corrected chi connectivity index (χ0v) is 23.5. The maximum absolute atomic E-state index is 12.6. The van der Waals surface area contributed by atoms with Crippen molar-refractivity contribution in [3.63, 3.8) is 0 Å². The van der Waals surface area contributed by atoms with Gasteiger partial charge in [0.05, 0.1) is 36.7 Å². The number of amides is 1. The van der Waals surface area contributed by atoms with Gasteiger partial charge in [-0.25, -0.2) is 9.97 Å². The number of aromatic nitrogens is 3. The maximum Gasteiger partial charge on any atom is 0.242 e. The van der Waals surface area contributed by atoms with Crippen molar-refractivity contribution < 1.29 is 14.3 Å². The van der Waals surface area contributed by atoms with Gasteiger partial charge in [-0.1, -0.05) is 11.6 Å². The van der Waals surface area contributed by atoms with Crippen molar-refractivity contribution in [2.45, 2.75) is 25.8 Å². The number of hydrogen-bond donors (Lipinski definition) is 2. The SMILES string of the molecule is CCOCCN1CCN(c2ccc(-c3nc4c(NC5CCN(CCOC)CC5)c(Cl)cnc4[nH]3)cc2)CC1=O. The number of H-pyrrole nitrogens is 1. The predicted molar refractivity (Wildman–Crippen MR) is 155 cm³/mol. The molecular formula is C28H38ClN7O3. The Morgan fingerprint density at radius 3 is 2.62 bits per heavy atom. The number of methoxy groups -OCH3 is 1. The molecule has 3 aromatic rings. The average Bonchev–Trinajstić information content (AvgIpc) is 3.40. The summed E-state index contributed by atoms with van der Waals surface area (Å²) in [7, 11) is 1.74. The summed E-state index contributed by atoms with van der Waals surface area (Å²) in [6.45, 7) is 9.51. The molecule has 2 aliphatic rings. The molecule has 0 unspecified atom stereocenters. The second-order valence-corrected chi connectivity index (χ2v) is 10.5. The molecule has 11 heteroatoms. The summed E-state index contributed by atoms with van der Waals surface area (Å²) < 4.78 is 10.6. The highest BCUT2D eigenvalue weighted by atomic mass is 35.5. The van der Waals surface area contributed by atoms with Crippen LogP contribution in [0.25, 0.3) is 22.6 Å². The third kappa shape index (κ3) is 6.63. The molecule has 0 saturated carbocycles. The molecule has 2 fully saturated rings. The number of hydrogen-bond acceptors (Lipinski definition) is 8. The number of benzene rings is 1. The van der Waals surface area contributed by atoms with Gasteiger partial charge in [-0.2, -0.15) is 0 Å². The summed E-state index contributed by atoms with van der Waals surface area (Å²) in [5, 5.41) is 4.22. The number of nitrogens with one attached hydrogen (secondary N) is 2. The van der Waals surface area contributed by atoms with E-state index in [0.717, 1.165) is 73.9 Å². The number of anilines is 2. The van der Waals surface area contributed by atoms with Gasteiger partial charge >= 0.3 is 0 Å². The van der Waals surface area contributed by atoms with Gasteiger partial charge in [0.25, 0.3) is 0 Å². The van der Waals surface area contributed by atoms with Crippen molar-refractivity contribution in [3.05, 3.63) is 35.5 Å². The zero-order chi connectivity index (χ0) is 27.2. The smallest absolute Gasteiger partial charge is 0.242 e. The quantitative estimate of drug-likeness (QED) is 0.347. The number of aromatic amines is 1. The van der Waals surface area contributed by atoms with Gasteiger partial charge in [0.15, 0.2) is 5.65 Å². The minimum atomic E-state index is 0.131. The molecule has 210 valence electrons. The van der Waals surface area contributed by atoms with E-state index in [2.05, 4.69) is 25.1 Å². The lowest BCUT2D eigenvalue weighted by Gasteiger charge is -2.35. The highest BCUT2D eigenvalue weighted by Crippen LogP contribution is 2.32. The van der Waals surface area contributed by atoms with E-state index in [4.69, 9.17) is 26.1 Å². The molecule has 5 rings (SSSR count). The molecule has 2 saturated heterocycles. The van der Waals surface area contributed by atoms with E-state index in [9.17, 15) is 4.79 Å².